The third-order valence-electron chi connectivity index (χ3n) is 2.90. The summed E-state index contributed by atoms with van der Waals surface area (Å²) in [6, 6.07) is 1.47. The van der Waals surface area contributed by atoms with Gasteiger partial charge in [-0.05, 0) is 6.07 Å². The molecule has 0 spiro atoms. The summed E-state index contributed by atoms with van der Waals surface area (Å²) in [7, 11) is 0. The van der Waals surface area contributed by atoms with Crippen molar-refractivity contribution < 1.29 is 14.2 Å². The predicted octanol–water partition coefficient (Wildman–Crippen LogP) is -0.309. The Hall–Kier alpha value is -1.47. The highest BCUT2D eigenvalue weighted by atomic mass is 19.1. The summed E-state index contributed by atoms with van der Waals surface area (Å²) in [4.78, 5) is 15.1. The number of ether oxygens (including phenoxy) is 1. The van der Waals surface area contributed by atoms with Crippen LogP contribution < -0.4 is 11.4 Å². The number of halogens is 1. The first-order chi connectivity index (χ1) is 8.15. The second-order valence-corrected chi connectivity index (χ2v) is 4.00. The summed E-state index contributed by atoms with van der Waals surface area (Å²) < 4.78 is 19.3. The lowest BCUT2D eigenvalue weighted by molar-refractivity contribution is -0.0340. The van der Waals surface area contributed by atoms with Gasteiger partial charge >= 0.3 is 5.69 Å². The smallest absolute Gasteiger partial charge is 0.351 e. The molecular weight excluding hydrogens is 229 g/mol. The van der Waals surface area contributed by atoms with E-state index in [4.69, 9.17) is 15.6 Å². The third kappa shape index (κ3) is 2.29. The van der Waals surface area contributed by atoms with Crippen molar-refractivity contribution in [2.75, 3.05) is 19.0 Å². The molecular formula is C10H14FN3O3. The SMILES string of the molecule is Nc1ccn([C@H]2CC(CF)[C@@H](CO)O2)c(=O)n1. The van der Waals surface area contributed by atoms with Crippen LogP contribution >= 0.6 is 0 Å². The Morgan fingerprint density at radius 3 is 3.00 bits per heavy atom. The first-order valence-electron chi connectivity index (χ1n) is 5.32. The number of aromatic nitrogens is 2. The fourth-order valence-electron chi connectivity index (χ4n) is 1.96. The van der Waals surface area contributed by atoms with Crippen LogP contribution in [-0.2, 0) is 4.74 Å². The van der Waals surface area contributed by atoms with E-state index in [0.717, 1.165) is 0 Å². The molecule has 1 aliphatic heterocycles. The van der Waals surface area contributed by atoms with Crippen LogP contribution in [0.2, 0.25) is 0 Å². The van der Waals surface area contributed by atoms with Gasteiger partial charge in [0, 0.05) is 18.5 Å². The first kappa shape index (κ1) is 12.0. The lowest BCUT2D eigenvalue weighted by Crippen LogP contribution is -2.27. The van der Waals surface area contributed by atoms with E-state index in [0.29, 0.717) is 6.42 Å². The second kappa shape index (κ2) is 4.80. The minimum absolute atomic E-state index is 0.130. The summed E-state index contributed by atoms with van der Waals surface area (Å²) >= 11 is 0. The van der Waals surface area contributed by atoms with Crippen LogP contribution in [0.15, 0.2) is 17.1 Å². The summed E-state index contributed by atoms with van der Waals surface area (Å²) in [5.74, 6) is -0.264. The zero-order valence-corrected chi connectivity index (χ0v) is 9.12. The molecule has 1 aliphatic rings. The zero-order chi connectivity index (χ0) is 12.4. The molecule has 1 aromatic heterocycles. The minimum atomic E-state index is -0.589. The quantitative estimate of drug-likeness (QED) is 0.760. The Kier molecular flexibility index (Phi) is 3.39. The standard InChI is InChI=1S/C10H14FN3O3/c11-4-6-3-9(17-7(6)5-15)14-2-1-8(12)13-10(14)16/h1-2,6-7,9,15H,3-5H2,(H2,12,13,16)/t6?,7-,9-/m1/s1. The van der Waals surface area contributed by atoms with Crippen LogP contribution in [0, 0.1) is 5.92 Å². The van der Waals surface area contributed by atoms with Gasteiger partial charge in [0.25, 0.3) is 0 Å². The van der Waals surface area contributed by atoms with Crippen molar-refractivity contribution in [2.24, 2.45) is 5.92 Å². The zero-order valence-electron chi connectivity index (χ0n) is 9.12. The highest BCUT2D eigenvalue weighted by Crippen LogP contribution is 2.32. The van der Waals surface area contributed by atoms with Crippen molar-refractivity contribution in [3.8, 4) is 0 Å². The molecule has 17 heavy (non-hydrogen) atoms. The van der Waals surface area contributed by atoms with Crippen molar-refractivity contribution in [3.05, 3.63) is 22.7 Å². The van der Waals surface area contributed by atoms with Gasteiger partial charge in [-0.15, -0.1) is 0 Å². The van der Waals surface area contributed by atoms with Gasteiger partial charge in [-0.1, -0.05) is 0 Å². The Labute approximate surface area is 96.8 Å². The molecule has 0 bridgehead atoms. The molecule has 2 heterocycles. The molecule has 3 atom stereocenters. The number of anilines is 1. The number of hydrogen-bond acceptors (Lipinski definition) is 5. The van der Waals surface area contributed by atoms with Crippen molar-refractivity contribution in [1.82, 2.24) is 9.55 Å². The lowest BCUT2D eigenvalue weighted by Gasteiger charge is -2.14. The largest absolute Gasteiger partial charge is 0.394 e. The van der Waals surface area contributed by atoms with Crippen LogP contribution in [0.1, 0.15) is 12.6 Å². The number of hydrogen-bond donors (Lipinski definition) is 2. The van der Waals surface area contributed by atoms with Gasteiger partial charge in [0.1, 0.15) is 12.0 Å². The maximum absolute atomic E-state index is 12.7. The molecule has 0 aromatic carbocycles. The second-order valence-electron chi connectivity index (χ2n) is 4.00. The molecule has 7 heteroatoms. The predicted molar refractivity (Wildman–Crippen MR) is 58.0 cm³/mol. The molecule has 1 fully saturated rings. The molecule has 1 aromatic rings. The van der Waals surface area contributed by atoms with Crippen LogP contribution in [0.25, 0.3) is 0 Å². The third-order valence-corrected chi connectivity index (χ3v) is 2.90. The number of aliphatic hydroxyl groups excluding tert-OH is 1. The summed E-state index contributed by atoms with van der Waals surface area (Å²) in [6.45, 7) is -0.846. The molecule has 1 saturated heterocycles. The molecule has 6 nitrogen and oxygen atoms in total. The average molecular weight is 243 g/mol. The molecule has 0 saturated carbocycles. The van der Waals surface area contributed by atoms with E-state index in [1.54, 1.807) is 0 Å². The molecule has 2 rings (SSSR count). The molecule has 94 valence electrons. The topological polar surface area (TPSA) is 90.4 Å². The fourth-order valence-corrected chi connectivity index (χ4v) is 1.96. The summed E-state index contributed by atoms with van der Waals surface area (Å²) in [6.07, 6.45) is 0.639. The van der Waals surface area contributed by atoms with Crippen LogP contribution in [0.4, 0.5) is 10.2 Å². The number of alkyl halides is 1. The van der Waals surface area contributed by atoms with Crippen molar-refractivity contribution >= 4 is 5.82 Å². The monoisotopic (exact) mass is 243 g/mol. The Balaban J connectivity index is 2.22. The first-order valence-corrected chi connectivity index (χ1v) is 5.32. The maximum atomic E-state index is 12.7. The number of aliphatic hydroxyl groups is 1. The molecule has 1 unspecified atom stereocenters. The van der Waals surface area contributed by atoms with E-state index in [-0.39, 0.29) is 12.4 Å². The van der Waals surface area contributed by atoms with E-state index in [1.165, 1.54) is 16.8 Å². The number of rotatable bonds is 3. The van der Waals surface area contributed by atoms with E-state index in [9.17, 15) is 9.18 Å². The van der Waals surface area contributed by atoms with Gasteiger partial charge in [0.2, 0.25) is 0 Å². The maximum Gasteiger partial charge on any atom is 0.351 e. The Bertz CT molecular complexity index is 439. The van der Waals surface area contributed by atoms with Gasteiger partial charge in [-0.3, -0.25) is 8.96 Å². The normalized spacial score (nSPS) is 28.5. The van der Waals surface area contributed by atoms with E-state index < -0.39 is 30.6 Å². The van der Waals surface area contributed by atoms with Crippen LogP contribution in [-0.4, -0.2) is 34.0 Å². The summed E-state index contributed by atoms with van der Waals surface area (Å²) in [5.41, 5.74) is 4.83. The van der Waals surface area contributed by atoms with Crippen molar-refractivity contribution in [1.29, 1.82) is 0 Å². The highest BCUT2D eigenvalue weighted by molar-refractivity contribution is 5.23. The van der Waals surface area contributed by atoms with E-state index in [2.05, 4.69) is 4.98 Å². The molecule has 0 amide bonds. The van der Waals surface area contributed by atoms with Crippen molar-refractivity contribution in [2.45, 2.75) is 18.8 Å². The Morgan fingerprint density at radius 2 is 2.47 bits per heavy atom. The van der Waals surface area contributed by atoms with E-state index >= 15 is 0 Å². The molecule has 3 N–H and O–H groups in total. The Morgan fingerprint density at radius 1 is 1.71 bits per heavy atom. The molecule has 0 aliphatic carbocycles. The van der Waals surface area contributed by atoms with Gasteiger partial charge in [-0.2, -0.15) is 4.98 Å². The number of nitrogens with two attached hydrogens (primary N) is 1. The highest BCUT2D eigenvalue weighted by Gasteiger charge is 2.36. The van der Waals surface area contributed by atoms with Crippen LogP contribution in [0.5, 0.6) is 0 Å². The van der Waals surface area contributed by atoms with Gasteiger partial charge < -0.3 is 15.6 Å². The lowest BCUT2D eigenvalue weighted by atomic mass is 10.0. The minimum Gasteiger partial charge on any atom is -0.394 e. The number of nitrogens with zero attached hydrogens (tertiary/aromatic N) is 2. The van der Waals surface area contributed by atoms with Crippen LogP contribution in [0.3, 0.4) is 0 Å². The fraction of sp³-hybridized carbons (Fsp3) is 0.600. The average Bonchev–Trinajstić information content (AvgIpc) is 2.72. The number of nitrogen functional groups attached to an aromatic ring is 1. The van der Waals surface area contributed by atoms with Gasteiger partial charge in [-0.25, -0.2) is 4.79 Å². The summed E-state index contributed by atoms with van der Waals surface area (Å²) in [5, 5.41) is 9.03. The van der Waals surface area contributed by atoms with E-state index in [1.807, 2.05) is 0 Å². The van der Waals surface area contributed by atoms with Crippen molar-refractivity contribution in [3.63, 3.8) is 0 Å². The molecule has 0 radical (unpaired) electrons. The van der Waals surface area contributed by atoms with Gasteiger partial charge in [0.15, 0.2) is 0 Å². The van der Waals surface area contributed by atoms with Gasteiger partial charge in [0.05, 0.1) is 19.4 Å².